The van der Waals surface area contributed by atoms with E-state index >= 15 is 0 Å². The molecule has 4 nitrogen and oxygen atoms in total. The van der Waals surface area contributed by atoms with Crippen LogP contribution in [0.3, 0.4) is 0 Å². The van der Waals surface area contributed by atoms with Gasteiger partial charge in [-0.15, -0.1) is 0 Å². The molecule has 110 valence electrons. The second kappa shape index (κ2) is 6.84. The molecule has 1 aromatic heterocycles. The van der Waals surface area contributed by atoms with Crippen molar-refractivity contribution in [2.24, 2.45) is 0 Å². The fraction of sp³-hybridized carbons (Fsp3) is 0.625. The monoisotopic (exact) mass is 276 g/mol. The van der Waals surface area contributed by atoms with Crippen LogP contribution in [0.1, 0.15) is 55.1 Å². The van der Waals surface area contributed by atoms with Gasteiger partial charge in [-0.1, -0.05) is 12.8 Å². The number of hydrogen-bond donors (Lipinski definition) is 1. The Kier molecular flexibility index (Phi) is 5.12. The SMILES string of the molecule is Cc1ccc(C(=O)N2CCCCCC2CC(C)O)cn1. The lowest BCUT2D eigenvalue weighted by Crippen LogP contribution is -2.41. The van der Waals surface area contributed by atoms with E-state index in [0.717, 1.165) is 37.9 Å². The van der Waals surface area contributed by atoms with E-state index in [1.807, 2.05) is 24.0 Å². The minimum absolute atomic E-state index is 0.0463. The van der Waals surface area contributed by atoms with E-state index in [0.29, 0.717) is 12.0 Å². The molecule has 0 saturated carbocycles. The van der Waals surface area contributed by atoms with Crippen molar-refractivity contribution >= 4 is 5.91 Å². The van der Waals surface area contributed by atoms with Crippen molar-refractivity contribution in [3.63, 3.8) is 0 Å². The van der Waals surface area contributed by atoms with Gasteiger partial charge in [-0.05, 0) is 45.2 Å². The van der Waals surface area contributed by atoms with Crippen molar-refractivity contribution in [2.75, 3.05) is 6.54 Å². The van der Waals surface area contributed by atoms with E-state index in [-0.39, 0.29) is 18.1 Å². The molecule has 2 rings (SSSR count). The van der Waals surface area contributed by atoms with Gasteiger partial charge in [-0.25, -0.2) is 0 Å². The third kappa shape index (κ3) is 3.79. The summed E-state index contributed by atoms with van der Waals surface area (Å²) in [4.78, 5) is 18.8. The summed E-state index contributed by atoms with van der Waals surface area (Å²) in [6.45, 7) is 4.49. The summed E-state index contributed by atoms with van der Waals surface area (Å²) >= 11 is 0. The first-order valence-corrected chi connectivity index (χ1v) is 7.49. The van der Waals surface area contributed by atoms with Crippen LogP contribution in [0.4, 0.5) is 0 Å². The van der Waals surface area contributed by atoms with Crippen LogP contribution >= 0.6 is 0 Å². The normalized spacial score (nSPS) is 21.4. The Morgan fingerprint density at radius 1 is 1.45 bits per heavy atom. The Balaban J connectivity index is 2.16. The van der Waals surface area contributed by atoms with Gasteiger partial charge >= 0.3 is 0 Å². The third-order valence-electron chi connectivity index (χ3n) is 3.91. The number of likely N-dealkylation sites (tertiary alicyclic amines) is 1. The molecular formula is C16H24N2O2. The number of aliphatic hydroxyl groups excluding tert-OH is 1. The number of aryl methyl sites for hydroxylation is 1. The maximum atomic E-state index is 12.7. The maximum Gasteiger partial charge on any atom is 0.255 e. The fourth-order valence-electron chi connectivity index (χ4n) is 2.84. The lowest BCUT2D eigenvalue weighted by Gasteiger charge is -2.31. The highest BCUT2D eigenvalue weighted by Crippen LogP contribution is 2.22. The predicted octanol–water partition coefficient (Wildman–Crippen LogP) is 2.55. The number of aliphatic hydroxyl groups is 1. The molecule has 1 aromatic rings. The number of nitrogens with zero attached hydrogens (tertiary/aromatic N) is 2. The average Bonchev–Trinajstić information content (AvgIpc) is 2.63. The van der Waals surface area contributed by atoms with Crippen molar-refractivity contribution in [3.05, 3.63) is 29.6 Å². The van der Waals surface area contributed by atoms with Crippen LogP contribution in [0.25, 0.3) is 0 Å². The molecule has 2 heterocycles. The van der Waals surface area contributed by atoms with Crippen LogP contribution in [0.15, 0.2) is 18.3 Å². The standard InChI is InChI=1S/C16H24N2O2/c1-12-7-8-14(11-17-12)16(20)18-9-5-3-4-6-15(18)10-13(2)19/h7-8,11,13,15,19H,3-6,9-10H2,1-2H3. The van der Waals surface area contributed by atoms with Crippen molar-refractivity contribution in [3.8, 4) is 0 Å². The number of carbonyl (C=O) groups excluding carboxylic acids is 1. The maximum absolute atomic E-state index is 12.7. The molecule has 2 atom stereocenters. The van der Waals surface area contributed by atoms with Gasteiger partial charge in [0, 0.05) is 24.5 Å². The van der Waals surface area contributed by atoms with Gasteiger partial charge < -0.3 is 10.0 Å². The molecule has 1 saturated heterocycles. The van der Waals surface area contributed by atoms with Gasteiger partial charge in [0.2, 0.25) is 0 Å². The molecule has 0 aromatic carbocycles. The summed E-state index contributed by atoms with van der Waals surface area (Å²) in [7, 11) is 0. The zero-order chi connectivity index (χ0) is 14.5. The highest BCUT2D eigenvalue weighted by atomic mass is 16.3. The first-order valence-electron chi connectivity index (χ1n) is 7.49. The Labute approximate surface area is 120 Å². The lowest BCUT2D eigenvalue weighted by molar-refractivity contribution is 0.0607. The minimum Gasteiger partial charge on any atom is -0.393 e. The van der Waals surface area contributed by atoms with Gasteiger partial charge in [0.25, 0.3) is 5.91 Å². The molecule has 1 N–H and O–H groups in total. The molecule has 1 fully saturated rings. The summed E-state index contributed by atoms with van der Waals surface area (Å²) in [5.74, 6) is 0.0463. The summed E-state index contributed by atoms with van der Waals surface area (Å²) in [6, 6.07) is 3.86. The molecule has 20 heavy (non-hydrogen) atoms. The molecule has 1 aliphatic rings. The Bertz CT molecular complexity index is 442. The average molecular weight is 276 g/mol. The molecule has 0 aliphatic carbocycles. The first kappa shape index (κ1) is 15.0. The van der Waals surface area contributed by atoms with Crippen LogP contribution in [-0.2, 0) is 0 Å². The van der Waals surface area contributed by atoms with E-state index in [4.69, 9.17) is 0 Å². The van der Waals surface area contributed by atoms with Gasteiger partial charge in [-0.2, -0.15) is 0 Å². The predicted molar refractivity (Wildman–Crippen MR) is 78.6 cm³/mol. The van der Waals surface area contributed by atoms with Gasteiger partial charge in [0.05, 0.1) is 11.7 Å². The number of carbonyl (C=O) groups is 1. The summed E-state index contributed by atoms with van der Waals surface area (Å²) < 4.78 is 0. The van der Waals surface area contributed by atoms with Crippen molar-refractivity contribution in [2.45, 2.75) is 58.1 Å². The fourth-order valence-corrected chi connectivity index (χ4v) is 2.84. The van der Waals surface area contributed by atoms with Crippen LogP contribution in [0.5, 0.6) is 0 Å². The van der Waals surface area contributed by atoms with E-state index in [1.165, 1.54) is 0 Å². The molecule has 1 aliphatic heterocycles. The largest absolute Gasteiger partial charge is 0.393 e. The van der Waals surface area contributed by atoms with E-state index in [2.05, 4.69) is 4.98 Å². The van der Waals surface area contributed by atoms with E-state index < -0.39 is 0 Å². The second-order valence-electron chi connectivity index (χ2n) is 5.77. The topological polar surface area (TPSA) is 53.4 Å². The highest BCUT2D eigenvalue weighted by Gasteiger charge is 2.27. The van der Waals surface area contributed by atoms with Gasteiger partial charge in [-0.3, -0.25) is 9.78 Å². The van der Waals surface area contributed by atoms with Crippen molar-refractivity contribution < 1.29 is 9.90 Å². The Hall–Kier alpha value is -1.42. The highest BCUT2D eigenvalue weighted by molar-refractivity contribution is 5.94. The molecule has 1 amide bonds. The van der Waals surface area contributed by atoms with Crippen LogP contribution in [0, 0.1) is 6.92 Å². The number of pyridine rings is 1. The zero-order valence-electron chi connectivity index (χ0n) is 12.4. The smallest absolute Gasteiger partial charge is 0.255 e. The zero-order valence-corrected chi connectivity index (χ0v) is 12.4. The van der Waals surface area contributed by atoms with Crippen molar-refractivity contribution in [1.29, 1.82) is 0 Å². The van der Waals surface area contributed by atoms with Gasteiger partial charge in [0.15, 0.2) is 0 Å². The Morgan fingerprint density at radius 3 is 2.90 bits per heavy atom. The number of hydrogen-bond acceptors (Lipinski definition) is 3. The van der Waals surface area contributed by atoms with Crippen LogP contribution in [0.2, 0.25) is 0 Å². The summed E-state index contributed by atoms with van der Waals surface area (Å²) in [6.07, 6.45) is 6.26. The van der Waals surface area contributed by atoms with Crippen LogP contribution in [-0.4, -0.2) is 39.6 Å². The lowest BCUT2D eigenvalue weighted by atomic mass is 10.0. The number of rotatable bonds is 3. The molecule has 0 spiro atoms. The minimum atomic E-state index is -0.371. The second-order valence-corrected chi connectivity index (χ2v) is 5.77. The first-order chi connectivity index (χ1) is 9.58. The van der Waals surface area contributed by atoms with Crippen LogP contribution < -0.4 is 0 Å². The quantitative estimate of drug-likeness (QED) is 0.923. The molecule has 2 unspecified atom stereocenters. The molecule has 0 bridgehead atoms. The number of aromatic nitrogens is 1. The Morgan fingerprint density at radius 2 is 2.25 bits per heavy atom. The molecule has 0 radical (unpaired) electrons. The van der Waals surface area contributed by atoms with E-state index in [9.17, 15) is 9.90 Å². The summed E-state index contributed by atoms with van der Waals surface area (Å²) in [5.41, 5.74) is 1.56. The molecule has 4 heteroatoms. The third-order valence-corrected chi connectivity index (χ3v) is 3.91. The van der Waals surface area contributed by atoms with E-state index in [1.54, 1.807) is 13.1 Å². The van der Waals surface area contributed by atoms with Gasteiger partial charge in [0.1, 0.15) is 0 Å². The molecular weight excluding hydrogens is 252 g/mol. The summed E-state index contributed by atoms with van der Waals surface area (Å²) in [5, 5.41) is 9.65. The van der Waals surface area contributed by atoms with Crippen molar-refractivity contribution in [1.82, 2.24) is 9.88 Å². The number of amides is 1.